The van der Waals surface area contributed by atoms with Crippen molar-refractivity contribution in [2.75, 3.05) is 13.2 Å². The Labute approximate surface area is 127 Å². The second kappa shape index (κ2) is 12.6. The topological polar surface area (TPSA) is 18.5 Å². The minimum absolute atomic E-state index is 0.346. The summed E-state index contributed by atoms with van der Waals surface area (Å²) in [4.78, 5) is 0. The molecule has 0 fully saturated rings. The lowest BCUT2D eigenvalue weighted by molar-refractivity contribution is -0.267. The third kappa shape index (κ3) is 7.08. The predicted molar refractivity (Wildman–Crippen MR) is 88.0 cm³/mol. The van der Waals surface area contributed by atoms with Crippen LogP contribution < -0.4 is 0 Å². The molecule has 0 saturated heterocycles. The monoisotopic (exact) mass is 286 g/mol. The third-order valence-corrected chi connectivity index (χ3v) is 4.29. The highest BCUT2D eigenvalue weighted by Crippen LogP contribution is 2.34. The van der Waals surface area contributed by atoms with Gasteiger partial charge in [0.25, 0.3) is 0 Å². The molecule has 0 amide bonds. The van der Waals surface area contributed by atoms with Gasteiger partial charge in [-0.05, 0) is 33.1 Å². The fraction of sp³-hybridized carbons (Fsp3) is 1.00. The summed E-state index contributed by atoms with van der Waals surface area (Å²) in [7, 11) is 0. The molecule has 0 aromatic heterocycles. The van der Waals surface area contributed by atoms with E-state index in [4.69, 9.17) is 9.47 Å². The summed E-state index contributed by atoms with van der Waals surface area (Å²) in [6.07, 6.45) is 11.5. The van der Waals surface area contributed by atoms with Gasteiger partial charge in [0.1, 0.15) is 0 Å². The van der Waals surface area contributed by atoms with E-state index < -0.39 is 0 Å². The Morgan fingerprint density at radius 1 is 0.750 bits per heavy atom. The third-order valence-electron chi connectivity index (χ3n) is 4.29. The molecule has 0 aromatic rings. The molecule has 0 heterocycles. The maximum absolute atomic E-state index is 6.05. The first-order chi connectivity index (χ1) is 9.70. The van der Waals surface area contributed by atoms with Gasteiger partial charge >= 0.3 is 0 Å². The Balaban J connectivity index is 4.28. The lowest BCUT2D eigenvalue weighted by atomic mass is 9.87. The van der Waals surface area contributed by atoms with Crippen molar-refractivity contribution in [2.45, 2.75) is 98.2 Å². The van der Waals surface area contributed by atoms with Crippen molar-refractivity contribution in [1.29, 1.82) is 0 Å². The molecule has 1 unspecified atom stereocenters. The summed E-state index contributed by atoms with van der Waals surface area (Å²) in [5, 5.41) is 0. The molecular weight excluding hydrogens is 248 g/mol. The van der Waals surface area contributed by atoms with E-state index in [1.54, 1.807) is 0 Å². The molecular formula is C18H38O2. The predicted octanol–water partition coefficient (Wildman–Crippen LogP) is 5.94. The van der Waals surface area contributed by atoms with E-state index in [-0.39, 0.29) is 5.79 Å². The van der Waals surface area contributed by atoms with Crippen LogP contribution in [0.25, 0.3) is 0 Å². The molecule has 0 saturated carbocycles. The van der Waals surface area contributed by atoms with Crippen molar-refractivity contribution in [3.05, 3.63) is 0 Å². The van der Waals surface area contributed by atoms with Crippen LogP contribution >= 0.6 is 0 Å². The SMILES string of the molecule is CCCCCCCCC(CC)C(CC)(OCC)OCC. The van der Waals surface area contributed by atoms with Gasteiger partial charge in [0.15, 0.2) is 5.79 Å². The van der Waals surface area contributed by atoms with Crippen molar-refractivity contribution in [1.82, 2.24) is 0 Å². The number of hydrogen-bond acceptors (Lipinski definition) is 2. The number of unbranched alkanes of at least 4 members (excludes halogenated alkanes) is 5. The van der Waals surface area contributed by atoms with Gasteiger partial charge in [-0.15, -0.1) is 0 Å². The molecule has 20 heavy (non-hydrogen) atoms. The van der Waals surface area contributed by atoms with Crippen molar-refractivity contribution < 1.29 is 9.47 Å². The van der Waals surface area contributed by atoms with E-state index >= 15 is 0 Å². The summed E-state index contributed by atoms with van der Waals surface area (Å²) in [5.74, 6) is 0.181. The zero-order valence-corrected chi connectivity index (χ0v) is 14.7. The van der Waals surface area contributed by atoms with Crippen LogP contribution in [-0.4, -0.2) is 19.0 Å². The van der Waals surface area contributed by atoms with Gasteiger partial charge in [-0.25, -0.2) is 0 Å². The summed E-state index contributed by atoms with van der Waals surface area (Å²) in [5.41, 5.74) is 0. The van der Waals surface area contributed by atoms with E-state index in [1.807, 2.05) is 0 Å². The van der Waals surface area contributed by atoms with Gasteiger partial charge in [0.05, 0.1) is 0 Å². The van der Waals surface area contributed by atoms with Gasteiger partial charge in [-0.2, -0.15) is 0 Å². The standard InChI is InChI=1S/C18H38O2/c1-6-11-12-13-14-15-16-17(7-2)18(8-3,19-9-4)20-10-5/h17H,6-16H2,1-5H3. The molecule has 1 atom stereocenters. The van der Waals surface area contributed by atoms with Crippen molar-refractivity contribution in [3.63, 3.8) is 0 Å². The quantitative estimate of drug-likeness (QED) is 0.290. The summed E-state index contributed by atoms with van der Waals surface area (Å²) in [6.45, 7) is 12.3. The van der Waals surface area contributed by atoms with Crippen molar-refractivity contribution in [2.24, 2.45) is 5.92 Å². The highest BCUT2D eigenvalue weighted by Gasteiger charge is 2.37. The first kappa shape index (κ1) is 19.9. The van der Waals surface area contributed by atoms with Crippen molar-refractivity contribution in [3.8, 4) is 0 Å². The molecule has 0 spiro atoms. The molecule has 0 aliphatic heterocycles. The van der Waals surface area contributed by atoms with Crippen LogP contribution in [0, 0.1) is 5.92 Å². The van der Waals surface area contributed by atoms with E-state index in [1.165, 1.54) is 44.9 Å². The number of ether oxygens (including phenoxy) is 2. The Hall–Kier alpha value is -0.0800. The minimum Gasteiger partial charge on any atom is -0.350 e. The molecule has 0 N–H and O–H groups in total. The van der Waals surface area contributed by atoms with Crippen LogP contribution in [0.3, 0.4) is 0 Å². The normalized spacial score (nSPS) is 13.7. The van der Waals surface area contributed by atoms with E-state index in [0.717, 1.165) is 26.1 Å². The van der Waals surface area contributed by atoms with Gasteiger partial charge in [-0.1, -0.05) is 59.3 Å². The Morgan fingerprint density at radius 2 is 1.30 bits per heavy atom. The Kier molecular flexibility index (Phi) is 12.6. The second-order valence-corrected chi connectivity index (χ2v) is 5.69. The van der Waals surface area contributed by atoms with Crippen LogP contribution in [0.5, 0.6) is 0 Å². The van der Waals surface area contributed by atoms with Gasteiger partial charge < -0.3 is 9.47 Å². The van der Waals surface area contributed by atoms with E-state index in [2.05, 4.69) is 34.6 Å². The first-order valence-electron chi connectivity index (χ1n) is 8.98. The van der Waals surface area contributed by atoms with Crippen LogP contribution in [0.2, 0.25) is 0 Å². The van der Waals surface area contributed by atoms with E-state index in [0.29, 0.717) is 5.92 Å². The first-order valence-corrected chi connectivity index (χ1v) is 8.98. The zero-order chi connectivity index (χ0) is 15.3. The molecule has 2 nitrogen and oxygen atoms in total. The van der Waals surface area contributed by atoms with Crippen LogP contribution in [0.1, 0.15) is 92.4 Å². The maximum Gasteiger partial charge on any atom is 0.170 e. The minimum atomic E-state index is -0.346. The average Bonchev–Trinajstić information content (AvgIpc) is 2.46. The molecule has 0 aliphatic carbocycles. The van der Waals surface area contributed by atoms with Gasteiger partial charge in [-0.3, -0.25) is 0 Å². The van der Waals surface area contributed by atoms with Crippen molar-refractivity contribution >= 4 is 0 Å². The lowest BCUT2D eigenvalue weighted by Gasteiger charge is -2.39. The average molecular weight is 286 g/mol. The maximum atomic E-state index is 6.05. The molecule has 0 rings (SSSR count). The second-order valence-electron chi connectivity index (χ2n) is 5.69. The van der Waals surface area contributed by atoms with Gasteiger partial charge in [0, 0.05) is 19.1 Å². The molecule has 0 radical (unpaired) electrons. The smallest absolute Gasteiger partial charge is 0.170 e. The largest absolute Gasteiger partial charge is 0.350 e. The highest BCUT2D eigenvalue weighted by atomic mass is 16.7. The Morgan fingerprint density at radius 3 is 1.75 bits per heavy atom. The van der Waals surface area contributed by atoms with E-state index in [9.17, 15) is 0 Å². The summed E-state index contributed by atoms with van der Waals surface area (Å²) in [6, 6.07) is 0. The molecule has 0 bridgehead atoms. The summed E-state index contributed by atoms with van der Waals surface area (Å²) < 4.78 is 12.1. The van der Waals surface area contributed by atoms with Crippen LogP contribution in [-0.2, 0) is 9.47 Å². The Bertz CT molecular complexity index is 198. The molecule has 0 aliphatic rings. The number of rotatable bonds is 14. The van der Waals surface area contributed by atoms with Gasteiger partial charge in [0.2, 0.25) is 0 Å². The fourth-order valence-corrected chi connectivity index (χ4v) is 3.16. The zero-order valence-electron chi connectivity index (χ0n) is 14.7. The summed E-state index contributed by atoms with van der Waals surface area (Å²) >= 11 is 0. The molecule has 2 heteroatoms. The molecule has 0 aromatic carbocycles. The molecule has 122 valence electrons. The number of hydrogen-bond donors (Lipinski definition) is 0. The lowest BCUT2D eigenvalue weighted by Crippen LogP contribution is -2.43. The highest BCUT2D eigenvalue weighted by molar-refractivity contribution is 4.78. The van der Waals surface area contributed by atoms with Crippen LogP contribution in [0.4, 0.5) is 0 Å². The van der Waals surface area contributed by atoms with Crippen LogP contribution in [0.15, 0.2) is 0 Å². The fourth-order valence-electron chi connectivity index (χ4n) is 3.16.